The van der Waals surface area contributed by atoms with Crippen molar-refractivity contribution in [2.24, 2.45) is 0 Å². The molecule has 25 heavy (non-hydrogen) atoms. The predicted octanol–water partition coefficient (Wildman–Crippen LogP) is 3.89. The second-order valence-electron chi connectivity index (χ2n) is 6.22. The van der Waals surface area contributed by atoms with Gasteiger partial charge in [-0.1, -0.05) is 42.0 Å². The molecule has 0 bridgehead atoms. The van der Waals surface area contributed by atoms with Crippen LogP contribution in [0.3, 0.4) is 0 Å². The van der Waals surface area contributed by atoms with E-state index in [0.29, 0.717) is 0 Å². The quantitative estimate of drug-likeness (QED) is 0.905. The minimum Gasteiger partial charge on any atom is -0.406 e. The first-order valence-electron chi connectivity index (χ1n) is 8.29. The van der Waals surface area contributed by atoms with E-state index in [1.54, 1.807) is 12.1 Å². The van der Waals surface area contributed by atoms with Gasteiger partial charge in [0.25, 0.3) is 0 Å². The lowest BCUT2D eigenvalue weighted by Crippen LogP contribution is -2.45. The van der Waals surface area contributed by atoms with E-state index in [1.165, 1.54) is 12.1 Å². The maximum atomic E-state index is 12.4. The zero-order valence-electron chi connectivity index (χ0n) is 14.0. The molecule has 1 atom stereocenters. The highest BCUT2D eigenvalue weighted by molar-refractivity contribution is 5.37. The maximum Gasteiger partial charge on any atom is 0.573 e. The molecule has 0 unspecified atom stereocenters. The van der Waals surface area contributed by atoms with Crippen LogP contribution in [0.5, 0.6) is 5.75 Å². The van der Waals surface area contributed by atoms with Gasteiger partial charge in [-0.3, -0.25) is 4.90 Å². The topological polar surface area (TPSA) is 24.5 Å². The van der Waals surface area contributed by atoms with Crippen molar-refractivity contribution in [3.8, 4) is 5.75 Å². The summed E-state index contributed by atoms with van der Waals surface area (Å²) in [6.07, 6.45) is -4.67. The van der Waals surface area contributed by atoms with Crippen LogP contribution in [0.15, 0.2) is 48.5 Å². The Morgan fingerprint density at radius 1 is 1.00 bits per heavy atom. The summed E-state index contributed by atoms with van der Waals surface area (Å²) in [6, 6.07) is 14.5. The van der Waals surface area contributed by atoms with Gasteiger partial charge in [0.1, 0.15) is 5.75 Å². The minimum absolute atomic E-state index is 0.0157. The molecule has 1 aliphatic rings. The largest absolute Gasteiger partial charge is 0.573 e. The third kappa shape index (κ3) is 4.74. The number of hydrogen-bond donors (Lipinski definition) is 1. The average Bonchev–Trinajstić information content (AvgIpc) is 2.56. The lowest BCUT2D eigenvalue weighted by atomic mass is 9.95. The van der Waals surface area contributed by atoms with Crippen LogP contribution in [-0.2, 0) is 0 Å². The molecule has 1 saturated heterocycles. The number of alkyl halides is 3. The monoisotopic (exact) mass is 350 g/mol. The number of nitrogens with zero attached hydrogens (tertiary/aromatic N) is 1. The van der Waals surface area contributed by atoms with Crippen LogP contribution >= 0.6 is 0 Å². The molecule has 1 fully saturated rings. The van der Waals surface area contributed by atoms with E-state index in [-0.39, 0.29) is 11.8 Å². The van der Waals surface area contributed by atoms with Crippen LogP contribution < -0.4 is 10.1 Å². The molecule has 3 rings (SSSR count). The normalized spacial score (nSPS) is 17.3. The number of ether oxygens (including phenoxy) is 1. The number of halogens is 3. The van der Waals surface area contributed by atoms with E-state index < -0.39 is 6.36 Å². The van der Waals surface area contributed by atoms with Gasteiger partial charge < -0.3 is 10.1 Å². The van der Waals surface area contributed by atoms with Crippen molar-refractivity contribution in [1.29, 1.82) is 0 Å². The number of nitrogens with one attached hydrogen (secondary N) is 1. The summed E-state index contributed by atoms with van der Waals surface area (Å²) in [5, 5.41) is 3.33. The van der Waals surface area contributed by atoms with Crippen molar-refractivity contribution in [2.45, 2.75) is 19.3 Å². The Labute approximate surface area is 145 Å². The molecule has 0 spiro atoms. The van der Waals surface area contributed by atoms with E-state index in [9.17, 15) is 13.2 Å². The van der Waals surface area contributed by atoms with Crippen LogP contribution in [0.2, 0.25) is 0 Å². The van der Waals surface area contributed by atoms with Crippen molar-refractivity contribution >= 4 is 0 Å². The molecule has 3 nitrogen and oxygen atoms in total. The van der Waals surface area contributed by atoms with E-state index in [2.05, 4.69) is 27.1 Å². The minimum atomic E-state index is -4.67. The van der Waals surface area contributed by atoms with Gasteiger partial charge in [0.2, 0.25) is 0 Å². The summed E-state index contributed by atoms with van der Waals surface area (Å²) in [5.41, 5.74) is 3.27. The summed E-state index contributed by atoms with van der Waals surface area (Å²) < 4.78 is 41.1. The summed E-state index contributed by atoms with van der Waals surface area (Å²) in [4.78, 5) is 2.35. The Balaban J connectivity index is 1.91. The van der Waals surface area contributed by atoms with E-state index in [1.807, 2.05) is 19.1 Å². The van der Waals surface area contributed by atoms with Gasteiger partial charge in [-0.2, -0.15) is 0 Å². The molecule has 2 aromatic rings. The molecule has 134 valence electrons. The first-order valence-corrected chi connectivity index (χ1v) is 8.29. The fraction of sp³-hybridized carbons (Fsp3) is 0.368. The third-order valence-corrected chi connectivity index (χ3v) is 4.30. The molecular formula is C19H21F3N2O. The summed E-state index contributed by atoms with van der Waals surface area (Å²) in [6.45, 7) is 5.62. The Hall–Kier alpha value is -2.05. The molecule has 0 radical (unpaired) electrons. The van der Waals surface area contributed by atoms with Gasteiger partial charge in [-0.25, -0.2) is 0 Å². The summed E-state index contributed by atoms with van der Waals surface area (Å²) in [5.74, 6) is -0.195. The zero-order valence-corrected chi connectivity index (χ0v) is 14.0. The third-order valence-electron chi connectivity index (χ3n) is 4.30. The Bertz CT molecular complexity index is 695. The molecule has 2 aromatic carbocycles. The first-order chi connectivity index (χ1) is 11.9. The molecule has 0 aromatic heterocycles. The second-order valence-corrected chi connectivity index (χ2v) is 6.22. The highest BCUT2D eigenvalue weighted by Crippen LogP contribution is 2.31. The molecule has 1 N–H and O–H groups in total. The number of aryl methyl sites for hydroxylation is 1. The molecule has 0 saturated carbocycles. The highest BCUT2D eigenvalue weighted by atomic mass is 19.4. The fourth-order valence-corrected chi connectivity index (χ4v) is 3.25. The first kappa shape index (κ1) is 17.8. The number of benzene rings is 2. The summed E-state index contributed by atoms with van der Waals surface area (Å²) in [7, 11) is 0. The van der Waals surface area contributed by atoms with Crippen LogP contribution in [-0.4, -0.2) is 37.4 Å². The van der Waals surface area contributed by atoms with Crippen molar-refractivity contribution in [2.75, 3.05) is 26.2 Å². The molecule has 0 aliphatic carbocycles. The molecule has 1 heterocycles. The molecule has 1 aliphatic heterocycles. The van der Waals surface area contributed by atoms with Crippen LogP contribution in [0.4, 0.5) is 13.2 Å². The second kappa shape index (κ2) is 7.45. The van der Waals surface area contributed by atoms with Crippen LogP contribution in [0.1, 0.15) is 22.7 Å². The predicted molar refractivity (Wildman–Crippen MR) is 90.6 cm³/mol. The van der Waals surface area contributed by atoms with E-state index in [4.69, 9.17) is 0 Å². The van der Waals surface area contributed by atoms with Crippen molar-refractivity contribution in [3.05, 3.63) is 65.2 Å². The van der Waals surface area contributed by atoms with Gasteiger partial charge in [0.15, 0.2) is 0 Å². The number of hydrogen-bond acceptors (Lipinski definition) is 3. The van der Waals surface area contributed by atoms with E-state index >= 15 is 0 Å². The van der Waals surface area contributed by atoms with Gasteiger partial charge >= 0.3 is 6.36 Å². The van der Waals surface area contributed by atoms with Crippen LogP contribution in [0.25, 0.3) is 0 Å². The maximum absolute atomic E-state index is 12.4. The molecular weight excluding hydrogens is 329 g/mol. The molecule has 0 amide bonds. The van der Waals surface area contributed by atoms with Gasteiger partial charge in [0.05, 0.1) is 6.04 Å². The van der Waals surface area contributed by atoms with Crippen molar-refractivity contribution in [3.63, 3.8) is 0 Å². The zero-order chi connectivity index (χ0) is 17.9. The SMILES string of the molecule is Cc1cccc([C@H](c2ccc(OC(F)(F)F)cc2)N2CCNCC2)c1. The van der Waals surface area contributed by atoms with E-state index in [0.717, 1.165) is 42.9 Å². The Kier molecular flexibility index (Phi) is 5.30. The molecule has 6 heteroatoms. The number of rotatable bonds is 4. The summed E-state index contributed by atoms with van der Waals surface area (Å²) >= 11 is 0. The van der Waals surface area contributed by atoms with Gasteiger partial charge in [-0.05, 0) is 30.2 Å². The van der Waals surface area contributed by atoms with Crippen molar-refractivity contribution in [1.82, 2.24) is 10.2 Å². The lowest BCUT2D eigenvalue weighted by molar-refractivity contribution is -0.274. The Morgan fingerprint density at radius 3 is 2.28 bits per heavy atom. The smallest absolute Gasteiger partial charge is 0.406 e. The Morgan fingerprint density at radius 2 is 1.68 bits per heavy atom. The average molecular weight is 350 g/mol. The van der Waals surface area contributed by atoms with Crippen LogP contribution in [0, 0.1) is 6.92 Å². The van der Waals surface area contributed by atoms with Crippen molar-refractivity contribution < 1.29 is 17.9 Å². The fourth-order valence-electron chi connectivity index (χ4n) is 3.25. The highest BCUT2D eigenvalue weighted by Gasteiger charge is 2.31. The standard InChI is InChI=1S/C19H21F3N2O/c1-14-3-2-4-16(13-14)18(24-11-9-23-10-12-24)15-5-7-17(8-6-15)25-19(20,21)22/h2-8,13,18,23H,9-12H2,1H3/t18-/m0/s1. The van der Waals surface area contributed by atoms with Gasteiger partial charge in [-0.15, -0.1) is 13.2 Å². The lowest BCUT2D eigenvalue weighted by Gasteiger charge is -2.35. The van der Waals surface area contributed by atoms with Gasteiger partial charge in [0, 0.05) is 26.2 Å². The number of piperazine rings is 1.